The lowest BCUT2D eigenvalue weighted by Gasteiger charge is -2.17. The van der Waals surface area contributed by atoms with Crippen molar-refractivity contribution in [3.8, 4) is 0 Å². The van der Waals surface area contributed by atoms with Crippen molar-refractivity contribution in [3.63, 3.8) is 0 Å². The molecule has 0 unspecified atom stereocenters. The van der Waals surface area contributed by atoms with Crippen molar-refractivity contribution in [2.45, 2.75) is 106 Å². The number of unbranched alkanes of at least 4 members (excludes halogenated alkanes) is 4. The van der Waals surface area contributed by atoms with Crippen LogP contribution in [0.15, 0.2) is 28.3 Å². The molecule has 0 atom stereocenters. The molecule has 0 aliphatic heterocycles. The van der Waals surface area contributed by atoms with Crippen LogP contribution in [0, 0.1) is 10.8 Å². The van der Waals surface area contributed by atoms with Gasteiger partial charge in [-0.25, -0.2) is 0 Å². The van der Waals surface area contributed by atoms with Gasteiger partial charge in [-0.3, -0.25) is 0 Å². The lowest BCUT2D eigenvalue weighted by Crippen LogP contribution is -2.04. The van der Waals surface area contributed by atoms with Gasteiger partial charge in [0.2, 0.25) is 0 Å². The summed E-state index contributed by atoms with van der Waals surface area (Å²) >= 11 is 2.42. The lowest BCUT2D eigenvalue weighted by atomic mass is 9.89. The zero-order valence-electron chi connectivity index (χ0n) is 18.8. The Balaban J connectivity index is 2.41. The van der Waals surface area contributed by atoms with Gasteiger partial charge in [0.1, 0.15) is 0 Å². The molecule has 0 fully saturated rings. The molecule has 0 saturated heterocycles. The molecule has 27 heavy (non-hydrogen) atoms. The van der Waals surface area contributed by atoms with Crippen LogP contribution in [-0.4, -0.2) is 0 Å². The molecular formula is C26H43I. The predicted molar refractivity (Wildman–Crippen MR) is 133 cm³/mol. The predicted octanol–water partition coefficient (Wildman–Crippen LogP) is 9.61. The van der Waals surface area contributed by atoms with Crippen LogP contribution in [0.5, 0.6) is 0 Å². The van der Waals surface area contributed by atoms with Crippen LogP contribution in [0.4, 0.5) is 0 Å². The van der Waals surface area contributed by atoms with E-state index in [4.69, 9.17) is 0 Å². The van der Waals surface area contributed by atoms with Gasteiger partial charge in [0, 0.05) is 0 Å². The number of hydrogen-bond donors (Lipinski definition) is 0. The molecule has 154 valence electrons. The number of rotatable bonds is 11. The summed E-state index contributed by atoms with van der Waals surface area (Å²) in [6.45, 7) is 14.1. The summed E-state index contributed by atoms with van der Waals surface area (Å²) in [5, 5.41) is 0. The van der Waals surface area contributed by atoms with Crippen LogP contribution in [0.25, 0.3) is 5.57 Å². The fourth-order valence-electron chi connectivity index (χ4n) is 3.50. The van der Waals surface area contributed by atoms with Crippen molar-refractivity contribution in [1.29, 1.82) is 0 Å². The van der Waals surface area contributed by atoms with Gasteiger partial charge in [-0.15, -0.1) is 0 Å². The molecule has 0 nitrogen and oxygen atoms in total. The van der Waals surface area contributed by atoms with Crippen molar-refractivity contribution in [2.24, 2.45) is 10.8 Å². The van der Waals surface area contributed by atoms with Gasteiger partial charge in [-0.05, 0) is 70.1 Å². The normalized spacial score (nSPS) is 13.2. The van der Waals surface area contributed by atoms with Crippen LogP contribution in [0.2, 0.25) is 0 Å². The van der Waals surface area contributed by atoms with Gasteiger partial charge < -0.3 is 0 Å². The van der Waals surface area contributed by atoms with Crippen molar-refractivity contribution < 1.29 is 0 Å². The summed E-state index contributed by atoms with van der Waals surface area (Å²) in [5.41, 5.74) is 5.41. The van der Waals surface area contributed by atoms with Crippen LogP contribution in [0.1, 0.15) is 110 Å². The standard InChI is InChI=1S/C26H43I/c1-25(2,3)18-11-7-9-14-22-15-13-17-23(20-22)24(21-27)16-10-8-12-19-26(4,5)6/h13,15,17,20-21H,7-12,14,16,18-19H2,1-6H3/b24-21+. The topological polar surface area (TPSA) is 0 Å². The third-order valence-electron chi connectivity index (χ3n) is 5.19. The highest BCUT2D eigenvalue weighted by Gasteiger charge is 2.10. The summed E-state index contributed by atoms with van der Waals surface area (Å²) in [6.07, 6.45) is 13.1. The van der Waals surface area contributed by atoms with Crippen molar-refractivity contribution >= 4 is 28.2 Å². The van der Waals surface area contributed by atoms with Gasteiger partial charge in [0.25, 0.3) is 0 Å². The molecule has 0 aromatic heterocycles. The first-order chi connectivity index (χ1) is 12.6. The highest BCUT2D eigenvalue weighted by atomic mass is 127. The van der Waals surface area contributed by atoms with E-state index in [0.29, 0.717) is 10.8 Å². The molecule has 1 rings (SSSR count). The number of benzene rings is 1. The highest BCUT2D eigenvalue weighted by molar-refractivity contribution is 14.1. The third-order valence-corrected chi connectivity index (χ3v) is 5.95. The molecule has 0 aliphatic rings. The Morgan fingerprint density at radius 1 is 0.815 bits per heavy atom. The van der Waals surface area contributed by atoms with Crippen molar-refractivity contribution in [3.05, 3.63) is 39.5 Å². The van der Waals surface area contributed by atoms with E-state index in [9.17, 15) is 0 Å². The number of halogens is 1. The van der Waals surface area contributed by atoms with E-state index in [1.165, 1.54) is 80.9 Å². The quantitative estimate of drug-likeness (QED) is 0.218. The number of allylic oxidation sites excluding steroid dienone is 1. The van der Waals surface area contributed by atoms with Crippen molar-refractivity contribution in [1.82, 2.24) is 0 Å². The average molecular weight is 483 g/mol. The maximum absolute atomic E-state index is 2.43. The Kier molecular flexibility index (Phi) is 11.3. The molecule has 0 amide bonds. The smallest absolute Gasteiger partial charge is 0.0196 e. The Labute approximate surface area is 183 Å². The molecule has 0 aliphatic carbocycles. The summed E-state index contributed by atoms with van der Waals surface area (Å²) in [6, 6.07) is 9.28. The second-order valence-electron chi connectivity index (χ2n) is 10.6. The minimum Gasteiger partial charge on any atom is -0.0614 e. The van der Waals surface area contributed by atoms with Gasteiger partial charge >= 0.3 is 0 Å². The van der Waals surface area contributed by atoms with E-state index in [1.807, 2.05) is 0 Å². The second kappa shape index (κ2) is 12.3. The summed E-state index contributed by atoms with van der Waals surface area (Å²) in [5.74, 6) is 0. The third kappa shape index (κ3) is 12.7. The summed E-state index contributed by atoms with van der Waals surface area (Å²) in [4.78, 5) is 0. The first kappa shape index (κ1) is 24.7. The highest BCUT2D eigenvalue weighted by Crippen LogP contribution is 2.27. The Morgan fingerprint density at radius 2 is 1.41 bits per heavy atom. The minimum absolute atomic E-state index is 0.475. The van der Waals surface area contributed by atoms with Gasteiger partial charge in [-0.1, -0.05) is 114 Å². The zero-order chi connectivity index (χ0) is 20.3. The molecule has 0 spiro atoms. The fraction of sp³-hybridized carbons (Fsp3) is 0.692. The minimum atomic E-state index is 0.475. The lowest BCUT2D eigenvalue weighted by molar-refractivity contribution is 0.358. The van der Waals surface area contributed by atoms with E-state index in [2.05, 4.69) is 92.5 Å². The molecule has 1 heteroatoms. The van der Waals surface area contributed by atoms with Crippen molar-refractivity contribution in [2.75, 3.05) is 0 Å². The first-order valence-electron chi connectivity index (χ1n) is 11.0. The SMILES string of the molecule is CC(C)(C)CCCCC/C(=C\I)c1cccc(CCCCCC(C)(C)C)c1. The van der Waals surface area contributed by atoms with E-state index < -0.39 is 0 Å². The number of hydrogen-bond acceptors (Lipinski definition) is 0. The van der Waals surface area contributed by atoms with Crippen LogP contribution < -0.4 is 0 Å². The van der Waals surface area contributed by atoms with Crippen LogP contribution in [0.3, 0.4) is 0 Å². The van der Waals surface area contributed by atoms with Gasteiger partial charge in [0.05, 0.1) is 0 Å². The number of aryl methyl sites for hydroxylation is 1. The molecule has 0 radical (unpaired) electrons. The molecule has 0 bridgehead atoms. The molecule has 0 N–H and O–H groups in total. The average Bonchev–Trinajstić information content (AvgIpc) is 2.56. The van der Waals surface area contributed by atoms with E-state index >= 15 is 0 Å². The zero-order valence-corrected chi connectivity index (χ0v) is 21.0. The van der Waals surface area contributed by atoms with E-state index in [1.54, 1.807) is 0 Å². The van der Waals surface area contributed by atoms with Gasteiger partial charge in [-0.2, -0.15) is 0 Å². The largest absolute Gasteiger partial charge is 0.0614 e. The Hall–Kier alpha value is -0.310. The van der Waals surface area contributed by atoms with Crippen LogP contribution in [-0.2, 0) is 6.42 Å². The molecular weight excluding hydrogens is 439 g/mol. The first-order valence-corrected chi connectivity index (χ1v) is 12.2. The summed E-state index contributed by atoms with van der Waals surface area (Å²) in [7, 11) is 0. The Morgan fingerprint density at radius 3 is 1.96 bits per heavy atom. The maximum atomic E-state index is 2.43. The molecule has 1 aromatic rings. The second-order valence-corrected chi connectivity index (χ2v) is 11.2. The molecule has 0 saturated carbocycles. The van der Waals surface area contributed by atoms with Gasteiger partial charge in [0.15, 0.2) is 0 Å². The maximum Gasteiger partial charge on any atom is -0.0196 e. The summed E-state index contributed by atoms with van der Waals surface area (Å²) < 4.78 is 2.30. The molecule has 1 aromatic carbocycles. The van der Waals surface area contributed by atoms with E-state index in [-0.39, 0.29) is 0 Å². The fourth-order valence-corrected chi connectivity index (χ4v) is 4.17. The monoisotopic (exact) mass is 482 g/mol. The van der Waals surface area contributed by atoms with Crippen LogP contribution >= 0.6 is 22.6 Å². The van der Waals surface area contributed by atoms with E-state index in [0.717, 1.165) is 0 Å². The molecule has 0 heterocycles. The Bertz CT molecular complexity index is 554.